The highest BCUT2D eigenvalue weighted by atomic mass is 35.5. The molecular formula is C27H30Cl2N4O6. The number of aliphatic hydroxyl groups is 1. The van der Waals surface area contributed by atoms with Crippen molar-refractivity contribution in [2.45, 2.75) is 51.5 Å². The molecule has 10 nitrogen and oxygen atoms in total. The molecule has 0 radical (unpaired) electrons. The van der Waals surface area contributed by atoms with Crippen molar-refractivity contribution in [1.82, 2.24) is 20.2 Å². The van der Waals surface area contributed by atoms with Crippen LogP contribution in [0.1, 0.15) is 48.0 Å². The lowest BCUT2D eigenvalue weighted by Crippen LogP contribution is -2.38. The van der Waals surface area contributed by atoms with Gasteiger partial charge in [0.2, 0.25) is 0 Å². The fourth-order valence-electron chi connectivity index (χ4n) is 4.12. The molecule has 39 heavy (non-hydrogen) atoms. The van der Waals surface area contributed by atoms with Gasteiger partial charge in [-0.15, -0.1) is 0 Å². The Kier molecular flexibility index (Phi) is 10.2. The number of benzene rings is 2. The topological polar surface area (TPSA) is 124 Å². The number of imidazole rings is 1. The van der Waals surface area contributed by atoms with Crippen molar-refractivity contribution in [2.24, 2.45) is 0 Å². The number of esters is 1. The molecule has 2 aromatic carbocycles. The molecule has 1 fully saturated rings. The number of nitrogens with zero attached hydrogens (tertiary/aromatic N) is 2. The molecule has 3 aromatic rings. The predicted octanol–water partition coefficient (Wildman–Crippen LogP) is 4.29. The Bertz CT molecular complexity index is 1250. The molecule has 3 N–H and O–H groups in total. The molecule has 1 saturated heterocycles. The lowest BCUT2D eigenvalue weighted by atomic mass is 10.00. The molecule has 3 atom stereocenters. The zero-order valence-electron chi connectivity index (χ0n) is 21.3. The van der Waals surface area contributed by atoms with E-state index in [0.29, 0.717) is 18.1 Å². The maximum Gasteiger partial charge on any atom is 0.325 e. The van der Waals surface area contributed by atoms with E-state index in [1.54, 1.807) is 17.8 Å². The maximum atomic E-state index is 12.0. The highest BCUT2D eigenvalue weighted by molar-refractivity contribution is 6.40. The van der Waals surface area contributed by atoms with Gasteiger partial charge in [0.25, 0.3) is 0 Å². The molecule has 1 aliphatic heterocycles. The molecule has 1 aliphatic rings. The Morgan fingerprint density at radius 1 is 1.05 bits per heavy atom. The number of hydrogen-bond acceptors (Lipinski definition) is 7. The lowest BCUT2D eigenvalue weighted by molar-refractivity contribution is -0.252. The summed E-state index contributed by atoms with van der Waals surface area (Å²) >= 11 is 12.3. The highest BCUT2D eigenvalue weighted by Gasteiger charge is 2.32. The van der Waals surface area contributed by atoms with Gasteiger partial charge in [-0.2, -0.15) is 0 Å². The van der Waals surface area contributed by atoms with E-state index < -0.39 is 18.3 Å². The van der Waals surface area contributed by atoms with E-state index in [9.17, 15) is 14.7 Å². The summed E-state index contributed by atoms with van der Waals surface area (Å²) in [5, 5.41) is 15.1. The molecule has 0 saturated carbocycles. The summed E-state index contributed by atoms with van der Waals surface area (Å²) in [7, 11) is 0. The third-order valence-electron chi connectivity index (χ3n) is 6.15. The van der Waals surface area contributed by atoms with Crippen molar-refractivity contribution in [1.29, 1.82) is 0 Å². The fourth-order valence-corrected chi connectivity index (χ4v) is 4.44. The molecule has 2 heterocycles. The van der Waals surface area contributed by atoms with E-state index in [4.69, 9.17) is 37.4 Å². The first-order valence-corrected chi connectivity index (χ1v) is 13.2. The van der Waals surface area contributed by atoms with Gasteiger partial charge in [-0.25, -0.2) is 9.78 Å². The molecule has 2 amide bonds. The minimum Gasteiger partial charge on any atom is -0.465 e. The first-order chi connectivity index (χ1) is 18.9. The van der Waals surface area contributed by atoms with Crippen LogP contribution in [0.3, 0.4) is 0 Å². The summed E-state index contributed by atoms with van der Waals surface area (Å²) in [6, 6.07) is 14.7. The van der Waals surface area contributed by atoms with E-state index in [-0.39, 0.29) is 43.7 Å². The van der Waals surface area contributed by atoms with Crippen LogP contribution in [0.5, 0.6) is 0 Å². The van der Waals surface area contributed by atoms with Gasteiger partial charge in [-0.05, 0) is 23.6 Å². The number of rotatable bonds is 10. The smallest absolute Gasteiger partial charge is 0.325 e. The van der Waals surface area contributed by atoms with Crippen molar-refractivity contribution in [3.05, 3.63) is 87.4 Å². The van der Waals surface area contributed by atoms with E-state index in [1.165, 1.54) is 0 Å². The number of aromatic nitrogens is 2. The quantitative estimate of drug-likeness (QED) is 0.307. The molecule has 4 rings (SSSR count). The summed E-state index contributed by atoms with van der Waals surface area (Å²) in [6.07, 6.45) is 0.985. The Morgan fingerprint density at radius 3 is 2.38 bits per heavy atom. The zero-order valence-corrected chi connectivity index (χ0v) is 22.8. The zero-order chi connectivity index (χ0) is 27.8. The van der Waals surface area contributed by atoms with Crippen LogP contribution in [0.25, 0.3) is 0 Å². The standard InChI is InChI=1S/C27H30Cl2N4O6/c1-2-37-23(35)13-31-27(36)30-12-17-3-9-20(10-4-17)26-38-21(14-33-16-32-24(28)25(33)29)11-22(39-26)19-7-5-18(15-34)6-8-19/h3-10,16,21-22,26,34H,2,11-15H2,1H3,(H2,30,31,36)/t21-,22+,26+/m1/s1. The number of nitrogens with one attached hydrogen (secondary N) is 2. The largest absolute Gasteiger partial charge is 0.465 e. The number of hydrogen-bond donors (Lipinski definition) is 3. The van der Waals surface area contributed by atoms with Crippen molar-refractivity contribution in [3.8, 4) is 0 Å². The van der Waals surface area contributed by atoms with Crippen LogP contribution in [0.2, 0.25) is 10.3 Å². The van der Waals surface area contributed by atoms with Gasteiger partial charge < -0.3 is 34.5 Å². The predicted molar refractivity (Wildman–Crippen MR) is 144 cm³/mol. The van der Waals surface area contributed by atoms with Gasteiger partial charge in [-0.1, -0.05) is 71.7 Å². The number of aliphatic hydroxyl groups excluding tert-OH is 1. The first kappa shape index (κ1) is 28.8. The number of carbonyl (C=O) groups excluding carboxylic acids is 2. The van der Waals surface area contributed by atoms with Crippen LogP contribution in [-0.2, 0) is 38.7 Å². The highest BCUT2D eigenvalue weighted by Crippen LogP contribution is 2.38. The Hall–Kier alpha value is -3.15. The number of ether oxygens (including phenoxy) is 3. The molecule has 12 heteroatoms. The van der Waals surface area contributed by atoms with Crippen molar-refractivity contribution >= 4 is 35.2 Å². The third kappa shape index (κ3) is 7.93. The van der Waals surface area contributed by atoms with Gasteiger partial charge in [0.15, 0.2) is 11.4 Å². The molecular weight excluding hydrogens is 547 g/mol. The lowest BCUT2D eigenvalue weighted by Gasteiger charge is -2.36. The van der Waals surface area contributed by atoms with Crippen LogP contribution in [0, 0.1) is 0 Å². The molecule has 0 bridgehead atoms. The Morgan fingerprint density at radius 2 is 1.74 bits per heavy atom. The average molecular weight is 577 g/mol. The van der Waals surface area contributed by atoms with Gasteiger partial charge in [-0.3, -0.25) is 4.79 Å². The summed E-state index contributed by atoms with van der Waals surface area (Å²) in [5.41, 5.74) is 3.45. The molecule has 0 aliphatic carbocycles. The molecule has 208 valence electrons. The number of amides is 2. The second kappa shape index (κ2) is 13.8. The first-order valence-electron chi connectivity index (χ1n) is 12.5. The molecule has 0 unspecified atom stereocenters. The van der Waals surface area contributed by atoms with Crippen LogP contribution in [0.15, 0.2) is 54.9 Å². The monoisotopic (exact) mass is 576 g/mol. The summed E-state index contributed by atoms with van der Waals surface area (Å²) in [5.74, 6) is -0.496. The fraction of sp³-hybridized carbons (Fsp3) is 0.370. The minimum atomic E-state index is -0.654. The van der Waals surface area contributed by atoms with Gasteiger partial charge >= 0.3 is 12.0 Å². The van der Waals surface area contributed by atoms with Crippen molar-refractivity contribution in [2.75, 3.05) is 13.2 Å². The van der Waals surface area contributed by atoms with E-state index in [0.717, 1.165) is 22.3 Å². The number of carbonyl (C=O) groups is 2. The summed E-state index contributed by atoms with van der Waals surface area (Å²) in [6.45, 7) is 2.43. The van der Waals surface area contributed by atoms with Crippen LogP contribution < -0.4 is 10.6 Å². The second-order valence-corrected chi connectivity index (χ2v) is 9.63. The SMILES string of the molecule is CCOC(=O)CNC(=O)NCc1ccc([C@H]2O[C@@H](Cn3cnc(Cl)c3Cl)C[C@@H](c3ccc(CO)cc3)O2)cc1. The normalized spacial score (nSPS) is 18.9. The summed E-state index contributed by atoms with van der Waals surface area (Å²) < 4.78 is 19.2. The van der Waals surface area contributed by atoms with Gasteiger partial charge in [0, 0.05) is 18.5 Å². The van der Waals surface area contributed by atoms with Crippen molar-refractivity contribution < 1.29 is 28.9 Å². The molecule has 1 aromatic heterocycles. The van der Waals surface area contributed by atoms with Crippen LogP contribution in [-0.4, -0.2) is 45.9 Å². The average Bonchev–Trinajstić information content (AvgIpc) is 3.27. The van der Waals surface area contributed by atoms with Crippen LogP contribution >= 0.6 is 23.2 Å². The van der Waals surface area contributed by atoms with E-state index >= 15 is 0 Å². The van der Waals surface area contributed by atoms with Crippen molar-refractivity contribution in [3.63, 3.8) is 0 Å². The number of halogens is 2. The minimum absolute atomic E-state index is 0.0334. The van der Waals surface area contributed by atoms with Gasteiger partial charge in [0.05, 0.1) is 38.3 Å². The summed E-state index contributed by atoms with van der Waals surface area (Å²) in [4.78, 5) is 27.4. The maximum absolute atomic E-state index is 12.0. The number of urea groups is 1. The third-order valence-corrected chi connectivity index (χ3v) is 6.92. The van der Waals surface area contributed by atoms with E-state index in [2.05, 4.69) is 15.6 Å². The van der Waals surface area contributed by atoms with Crippen LogP contribution in [0.4, 0.5) is 4.79 Å². The molecule has 0 spiro atoms. The van der Waals surface area contributed by atoms with E-state index in [1.807, 2.05) is 48.5 Å². The Balaban J connectivity index is 1.42. The Labute approximate surface area is 236 Å². The van der Waals surface area contributed by atoms with Gasteiger partial charge in [0.1, 0.15) is 11.7 Å². The second-order valence-electron chi connectivity index (χ2n) is 8.91.